The minimum absolute atomic E-state index is 0.00724. The largest absolute Gasteiger partial charge is 0.289 e. The van der Waals surface area contributed by atoms with Gasteiger partial charge in [-0.25, -0.2) is 9.80 Å². The van der Waals surface area contributed by atoms with Crippen molar-refractivity contribution in [3.05, 3.63) is 84.0 Å². The maximum absolute atomic E-state index is 13.1. The first-order valence-corrected chi connectivity index (χ1v) is 8.34. The van der Waals surface area contributed by atoms with E-state index in [2.05, 4.69) is 0 Å². The Morgan fingerprint density at radius 2 is 1.14 bits per heavy atom. The smallest absolute Gasteiger partial charge is 0.258 e. The molecule has 0 N–H and O–H groups in total. The quantitative estimate of drug-likeness (QED) is 0.603. The Labute approximate surface area is 159 Å². The predicted molar refractivity (Wildman–Crippen MR) is 99.6 cm³/mol. The van der Waals surface area contributed by atoms with E-state index in [1.165, 1.54) is 18.2 Å². The second-order valence-corrected chi connectivity index (χ2v) is 6.06. The molecule has 2 aliphatic heterocycles. The zero-order valence-electron chi connectivity index (χ0n) is 14.4. The number of hydrogen-bond donors (Lipinski definition) is 0. The van der Waals surface area contributed by atoms with Crippen LogP contribution in [-0.2, 0) is 19.2 Å². The Morgan fingerprint density at radius 3 is 1.71 bits per heavy atom. The first-order chi connectivity index (χ1) is 13.5. The highest BCUT2D eigenvalue weighted by Gasteiger charge is 2.36. The molecule has 0 spiro atoms. The molecule has 0 saturated carbocycles. The van der Waals surface area contributed by atoms with Gasteiger partial charge in [0.05, 0.1) is 11.4 Å². The highest BCUT2D eigenvalue weighted by Crippen LogP contribution is 2.37. The second kappa shape index (κ2) is 6.55. The van der Waals surface area contributed by atoms with Crippen molar-refractivity contribution in [2.45, 2.75) is 0 Å². The van der Waals surface area contributed by atoms with Gasteiger partial charge in [-0.2, -0.15) is 0 Å². The lowest BCUT2D eigenvalue weighted by Crippen LogP contribution is -2.36. The van der Waals surface area contributed by atoms with Crippen LogP contribution in [0.3, 0.4) is 0 Å². The van der Waals surface area contributed by atoms with Crippen LogP contribution in [-0.4, -0.2) is 29.4 Å². The lowest BCUT2D eigenvalue weighted by molar-refractivity contribution is -0.122. The summed E-state index contributed by atoms with van der Waals surface area (Å²) >= 11 is 0. The minimum Gasteiger partial charge on any atom is -0.289 e. The molecule has 0 fully saturated rings. The Hall–Kier alpha value is -4.13. The van der Waals surface area contributed by atoms with Crippen LogP contribution in [0, 0.1) is 0 Å². The summed E-state index contributed by atoms with van der Waals surface area (Å²) in [6.07, 6.45) is 4.32. The molecule has 2 aromatic rings. The maximum Gasteiger partial charge on any atom is 0.258 e. The van der Waals surface area contributed by atoms with Gasteiger partial charge in [0.15, 0.2) is 5.78 Å². The third kappa shape index (κ3) is 2.66. The third-order valence-corrected chi connectivity index (χ3v) is 4.38. The number of imide groups is 2. The fourth-order valence-electron chi connectivity index (χ4n) is 3.13. The van der Waals surface area contributed by atoms with E-state index >= 15 is 0 Å². The van der Waals surface area contributed by atoms with Crippen LogP contribution in [0.5, 0.6) is 0 Å². The molecule has 0 bridgehead atoms. The van der Waals surface area contributed by atoms with Crippen LogP contribution >= 0.6 is 0 Å². The average molecular weight is 372 g/mol. The number of hydrogen-bond acceptors (Lipinski definition) is 5. The lowest BCUT2D eigenvalue weighted by atomic mass is 9.99. The van der Waals surface area contributed by atoms with Crippen LogP contribution < -0.4 is 9.80 Å². The van der Waals surface area contributed by atoms with Crippen molar-refractivity contribution >= 4 is 40.8 Å². The molecule has 2 heterocycles. The summed E-state index contributed by atoms with van der Waals surface area (Å²) in [6.45, 7) is 0. The zero-order valence-corrected chi connectivity index (χ0v) is 14.4. The van der Waals surface area contributed by atoms with E-state index in [1.807, 2.05) is 0 Å². The summed E-state index contributed by atoms with van der Waals surface area (Å²) in [5.41, 5.74) is 0.265. The van der Waals surface area contributed by atoms with E-state index in [-0.39, 0.29) is 16.9 Å². The second-order valence-electron chi connectivity index (χ2n) is 6.06. The van der Waals surface area contributed by atoms with Crippen LogP contribution in [0.4, 0.5) is 11.4 Å². The van der Waals surface area contributed by atoms with Gasteiger partial charge in [0.1, 0.15) is 0 Å². The number of rotatable bonds is 4. The molecule has 0 unspecified atom stereocenters. The van der Waals surface area contributed by atoms with Crippen LogP contribution in [0.1, 0.15) is 15.9 Å². The molecule has 0 saturated heterocycles. The first kappa shape index (κ1) is 17.3. The number of amides is 4. The fourth-order valence-corrected chi connectivity index (χ4v) is 3.13. The molecule has 0 atom stereocenters. The fraction of sp³-hybridized carbons (Fsp3) is 0. The van der Waals surface area contributed by atoms with E-state index in [1.54, 1.807) is 30.3 Å². The zero-order chi connectivity index (χ0) is 19.8. The molecule has 7 nitrogen and oxygen atoms in total. The number of carbonyl (C=O) groups is 5. The highest BCUT2D eigenvalue weighted by atomic mass is 16.2. The molecule has 28 heavy (non-hydrogen) atoms. The van der Waals surface area contributed by atoms with Gasteiger partial charge in [-0.1, -0.05) is 36.4 Å². The van der Waals surface area contributed by atoms with E-state index in [0.29, 0.717) is 5.56 Å². The highest BCUT2D eigenvalue weighted by molar-refractivity contribution is 6.35. The molecule has 2 aromatic carbocycles. The van der Waals surface area contributed by atoms with Crippen molar-refractivity contribution in [3.63, 3.8) is 0 Å². The summed E-state index contributed by atoms with van der Waals surface area (Å²) in [6, 6.07) is 12.7. The number of nitrogens with zero attached hydrogens (tertiary/aromatic N) is 2. The molecular weight excluding hydrogens is 360 g/mol. The Bertz CT molecular complexity index is 1080. The first-order valence-electron chi connectivity index (χ1n) is 8.34. The topological polar surface area (TPSA) is 91.8 Å². The summed E-state index contributed by atoms with van der Waals surface area (Å²) in [5.74, 6) is -3.01. The van der Waals surface area contributed by atoms with E-state index in [9.17, 15) is 24.0 Å². The molecule has 0 aliphatic carbocycles. The number of ketones is 1. The molecule has 4 rings (SSSR count). The normalized spacial score (nSPS) is 15.9. The standard InChI is InChI=1S/C21H12N2O5/c24-16-9-10-17(25)22(16)15-8-4-7-14(21(28)13-5-2-1-3-6-13)20(15)23-18(26)11-12-19(23)27/h1-12H. The van der Waals surface area contributed by atoms with E-state index < -0.39 is 29.4 Å². The van der Waals surface area contributed by atoms with Gasteiger partial charge in [0, 0.05) is 35.4 Å². The third-order valence-electron chi connectivity index (χ3n) is 4.38. The van der Waals surface area contributed by atoms with Crippen molar-refractivity contribution in [2.75, 3.05) is 9.80 Å². The molecule has 0 aromatic heterocycles. The van der Waals surface area contributed by atoms with Crippen molar-refractivity contribution in [1.82, 2.24) is 0 Å². The molecule has 7 heteroatoms. The lowest BCUT2D eigenvalue weighted by Gasteiger charge is -2.25. The monoisotopic (exact) mass is 372 g/mol. The number of benzene rings is 2. The SMILES string of the molecule is O=C(c1ccccc1)c1cccc(N2C(=O)C=CC2=O)c1N1C(=O)C=CC1=O. The molecular formula is C21H12N2O5. The van der Waals surface area contributed by atoms with Gasteiger partial charge >= 0.3 is 0 Å². The van der Waals surface area contributed by atoms with Gasteiger partial charge in [-0.05, 0) is 12.1 Å². The van der Waals surface area contributed by atoms with Crippen LogP contribution in [0.15, 0.2) is 72.8 Å². The summed E-state index contributed by atoms with van der Waals surface area (Å²) in [4.78, 5) is 63.8. The average Bonchev–Trinajstić information content (AvgIpc) is 3.22. The summed E-state index contributed by atoms with van der Waals surface area (Å²) < 4.78 is 0. The summed E-state index contributed by atoms with van der Waals surface area (Å²) in [7, 11) is 0. The predicted octanol–water partition coefficient (Wildman–Crippen LogP) is 1.78. The number of para-hydroxylation sites is 1. The van der Waals surface area contributed by atoms with Gasteiger partial charge in [0.2, 0.25) is 0 Å². The molecule has 2 aliphatic rings. The van der Waals surface area contributed by atoms with Crippen molar-refractivity contribution < 1.29 is 24.0 Å². The number of anilines is 2. The van der Waals surface area contributed by atoms with Gasteiger partial charge < -0.3 is 0 Å². The molecule has 136 valence electrons. The van der Waals surface area contributed by atoms with Crippen LogP contribution in [0.25, 0.3) is 0 Å². The molecule has 4 amide bonds. The number of carbonyl (C=O) groups excluding carboxylic acids is 5. The minimum atomic E-state index is -0.661. The summed E-state index contributed by atoms with van der Waals surface area (Å²) in [5, 5.41) is 0. The van der Waals surface area contributed by atoms with Crippen molar-refractivity contribution in [2.24, 2.45) is 0 Å². The Morgan fingerprint density at radius 1 is 0.607 bits per heavy atom. The molecule has 0 radical (unpaired) electrons. The van der Waals surface area contributed by atoms with Gasteiger partial charge in [0.25, 0.3) is 23.6 Å². The Balaban J connectivity index is 1.94. The van der Waals surface area contributed by atoms with Gasteiger partial charge in [-0.3, -0.25) is 24.0 Å². The van der Waals surface area contributed by atoms with Crippen molar-refractivity contribution in [1.29, 1.82) is 0 Å². The Kier molecular flexibility index (Phi) is 4.04. The van der Waals surface area contributed by atoms with Crippen molar-refractivity contribution in [3.8, 4) is 0 Å². The van der Waals surface area contributed by atoms with Gasteiger partial charge in [-0.15, -0.1) is 0 Å². The van der Waals surface area contributed by atoms with Crippen LogP contribution in [0.2, 0.25) is 0 Å². The van der Waals surface area contributed by atoms with E-state index in [0.717, 1.165) is 34.1 Å². The maximum atomic E-state index is 13.1. The van der Waals surface area contributed by atoms with E-state index in [4.69, 9.17) is 0 Å².